The van der Waals surface area contributed by atoms with E-state index >= 15 is 0 Å². The Hall–Kier alpha value is -2.24. The van der Waals surface area contributed by atoms with Crippen LogP contribution in [0, 0.1) is 13.8 Å². The molecule has 0 atom stereocenters. The number of aryl methyl sites for hydroxylation is 2. The van der Waals surface area contributed by atoms with Gasteiger partial charge in [0.05, 0.1) is 5.69 Å². The third-order valence-electron chi connectivity index (χ3n) is 2.58. The van der Waals surface area contributed by atoms with E-state index in [1.165, 1.54) is 10.2 Å². The molecule has 1 heterocycles. The normalized spacial score (nSPS) is 10.5. The van der Waals surface area contributed by atoms with Gasteiger partial charge in [0.15, 0.2) is 5.82 Å². The van der Waals surface area contributed by atoms with Crippen molar-refractivity contribution in [2.75, 3.05) is 0 Å². The lowest BCUT2D eigenvalue weighted by molar-refractivity contribution is -0.136. The van der Waals surface area contributed by atoms with E-state index in [4.69, 9.17) is 5.11 Å². The van der Waals surface area contributed by atoms with E-state index in [0.717, 1.165) is 11.3 Å². The summed E-state index contributed by atoms with van der Waals surface area (Å²) in [7, 11) is 0. The number of tetrazole rings is 1. The van der Waals surface area contributed by atoms with Gasteiger partial charge in [-0.1, -0.05) is 6.07 Å². The minimum absolute atomic E-state index is 0.195. The van der Waals surface area contributed by atoms with Crippen molar-refractivity contribution in [3.8, 4) is 5.69 Å². The van der Waals surface area contributed by atoms with Crippen LogP contribution < -0.4 is 0 Å². The highest BCUT2D eigenvalue weighted by Gasteiger charge is 2.12. The molecule has 0 fully saturated rings. The first kappa shape index (κ1) is 11.3. The summed E-state index contributed by atoms with van der Waals surface area (Å²) >= 11 is 0. The summed E-state index contributed by atoms with van der Waals surface area (Å²) in [5, 5.41) is 19.8. The van der Waals surface area contributed by atoms with Crippen LogP contribution in [-0.2, 0) is 11.2 Å². The third-order valence-corrected chi connectivity index (χ3v) is 2.58. The number of nitrogens with zero attached hydrogens (tertiary/aromatic N) is 4. The second-order valence-electron chi connectivity index (χ2n) is 3.85. The number of benzene rings is 1. The lowest BCUT2D eigenvalue weighted by Crippen LogP contribution is -2.09. The Morgan fingerprint density at radius 2 is 2.12 bits per heavy atom. The highest BCUT2D eigenvalue weighted by Crippen LogP contribution is 2.14. The maximum atomic E-state index is 10.7. The Labute approximate surface area is 97.9 Å². The molecule has 0 saturated carbocycles. The minimum atomic E-state index is -0.954. The summed E-state index contributed by atoms with van der Waals surface area (Å²) in [4.78, 5) is 10.7. The molecule has 6 heteroatoms. The smallest absolute Gasteiger partial charge is 0.311 e. The molecule has 0 bridgehead atoms. The van der Waals surface area contributed by atoms with Crippen LogP contribution in [-0.4, -0.2) is 31.3 Å². The van der Waals surface area contributed by atoms with Crippen LogP contribution in [0.4, 0.5) is 0 Å². The predicted molar refractivity (Wildman–Crippen MR) is 60.0 cm³/mol. The van der Waals surface area contributed by atoms with Gasteiger partial charge in [-0.2, -0.15) is 4.68 Å². The van der Waals surface area contributed by atoms with Crippen LogP contribution in [0.2, 0.25) is 0 Å². The molecule has 2 rings (SSSR count). The summed E-state index contributed by atoms with van der Waals surface area (Å²) in [6.45, 7) is 4.00. The molecule has 1 N–H and O–H groups in total. The number of hydrogen-bond acceptors (Lipinski definition) is 4. The Bertz CT molecular complexity index is 562. The van der Waals surface area contributed by atoms with Crippen molar-refractivity contribution in [2.24, 2.45) is 0 Å². The van der Waals surface area contributed by atoms with E-state index in [1.807, 2.05) is 32.0 Å². The molecule has 0 aliphatic carbocycles. The largest absolute Gasteiger partial charge is 0.481 e. The number of carboxylic acid groups (broad SMARTS) is 1. The maximum Gasteiger partial charge on any atom is 0.311 e. The molecule has 1 aromatic heterocycles. The molecule has 0 aliphatic heterocycles. The Morgan fingerprint density at radius 1 is 1.35 bits per heavy atom. The molecular weight excluding hydrogens is 220 g/mol. The third kappa shape index (κ3) is 2.30. The van der Waals surface area contributed by atoms with Gasteiger partial charge in [0, 0.05) is 0 Å². The van der Waals surface area contributed by atoms with Crippen molar-refractivity contribution in [1.29, 1.82) is 0 Å². The van der Waals surface area contributed by atoms with Crippen LogP contribution in [0.25, 0.3) is 5.69 Å². The molecule has 17 heavy (non-hydrogen) atoms. The number of carbonyl (C=O) groups is 1. The van der Waals surface area contributed by atoms with E-state index in [2.05, 4.69) is 15.5 Å². The van der Waals surface area contributed by atoms with Crippen LogP contribution in [0.15, 0.2) is 18.2 Å². The first-order chi connectivity index (χ1) is 8.08. The van der Waals surface area contributed by atoms with Crippen LogP contribution in [0.3, 0.4) is 0 Å². The fourth-order valence-corrected chi connectivity index (χ4v) is 1.51. The van der Waals surface area contributed by atoms with Crippen molar-refractivity contribution in [3.63, 3.8) is 0 Å². The SMILES string of the molecule is Cc1ccc(-n2nnnc2CC(=O)O)cc1C. The van der Waals surface area contributed by atoms with Gasteiger partial charge in [-0.3, -0.25) is 4.79 Å². The molecule has 0 saturated heterocycles. The second-order valence-corrected chi connectivity index (χ2v) is 3.85. The Kier molecular flexibility index (Phi) is 2.86. The maximum absolute atomic E-state index is 10.7. The minimum Gasteiger partial charge on any atom is -0.481 e. The van der Waals surface area contributed by atoms with Gasteiger partial charge >= 0.3 is 5.97 Å². The van der Waals surface area contributed by atoms with E-state index in [-0.39, 0.29) is 6.42 Å². The van der Waals surface area contributed by atoms with Crippen molar-refractivity contribution in [3.05, 3.63) is 35.2 Å². The van der Waals surface area contributed by atoms with E-state index in [1.54, 1.807) is 0 Å². The topological polar surface area (TPSA) is 80.9 Å². The van der Waals surface area contributed by atoms with E-state index in [0.29, 0.717) is 5.82 Å². The zero-order valence-corrected chi connectivity index (χ0v) is 9.58. The van der Waals surface area contributed by atoms with Crippen molar-refractivity contribution in [2.45, 2.75) is 20.3 Å². The molecule has 0 radical (unpaired) electrons. The fraction of sp³-hybridized carbons (Fsp3) is 0.273. The zero-order valence-electron chi connectivity index (χ0n) is 9.58. The number of hydrogen-bond donors (Lipinski definition) is 1. The molecular formula is C11H12N4O2. The molecule has 1 aromatic carbocycles. The van der Waals surface area contributed by atoms with Gasteiger partial charge < -0.3 is 5.11 Å². The fourth-order valence-electron chi connectivity index (χ4n) is 1.51. The van der Waals surface area contributed by atoms with Gasteiger partial charge in [0.1, 0.15) is 6.42 Å². The first-order valence-electron chi connectivity index (χ1n) is 5.14. The van der Waals surface area contributed by atoms with Gasteiger partial charge in [-0.05, 0) is 47.5 Å². The Morgan fingerprint density at radius 3 is 2.76 bits per heavy atom. The molecule has 6 nitrogen and oxygen atoms in total. The summed E-state index contributed by atoms with van der Waals surface area (Å²) in [5.41, 5.74) is 3.05. The lowest BCUT2D eigenvalue weighted by Gasteiger charge is -2.05. The van der Waals surface area contributed by atoms with Crippen LogP contribution >= 0.6 is 0 Å². The molecule has 0 unspecified atom stereocenters. The number of aliphatic carboxylic acids is 1. The Balaban J connectivity index is 2.42. The first-order valence-corrected chi connectivity index (χ1v) is 5.14. The monoisotopic (exact) mass is 232 g/mol. The highest BCUT2D eigenvalue weighted by atomic mass is 16.4. The average molecular weight is 232 g/mol. The predicted octanol–water partition coefficient (Wildman–Crippen LogP) is 0.906. The highest BCUT2D eigenvalue weighted by molar-refractivity contribution is 5.69. The van der Waals surface area contributed by atoms with Gasteiger partial charge in [0.2, 0.25) is 0 Å². The zero-order chi connectivity index (χ0) is 12.4. The van der Waals surface area contributed by atoms with Gasteiger partial charge in [-0.15, -0.1) is 5.10 Å². The van der Waals surface area contributed by atoms with E-state index in [9.17, 15) is 4.79 Å². The standard InChI is InChI=1S/C11H12N4O2/c1-7-3-4-9(5-8(7)2)15-10(6-11(16)17)12-13-14-15/h3-5H,6H2,1-2H3,(H,16,17). The number of rotatable bonds is 3. The lowest BCUT2D eigenvalue weighted by atomic mass is 10.1. The van der Waals surface area contributed by atoms with Crippen LogP contribution in [0.5, 0.6) is 0 Å². The van der Waals surface area contributed by atoms with Crippen LogP contribution in [0.1, 0.15) is 17.0 Å². The van der Waals surface area contributed by atoms with Crippen molar-refractivity contribution < 1.29 is 9.90 Å². The summed E-state index contributed by atoms with van der Waals surface area (Å²) < 4.78 is 1.44. The molecule has 0 amide bonds. The molecule has 88 valence electrons. The molecule has 2 aromatic rings. The number of carboxylic acids is 1. The summed E-state index contributed by atoms with van der Waals surface area (Å²) in [6.07, 6.45) is -0.195. The summed E-state index contributed by atoms with van der Waals surface area (Å²) in [5.74, 6) is -0.634. The average Bonchev–Trinajstić information content (AvgIpc) is 2.69. The van der Waals surface area contributed by atoms with Crippen molar-refractivity contribution >= 4 is 5.97 Å². The number of aromatic nitrogens is 4. The van der Waals surface area contributed by atoms with E-state index < -0.39 is 5.97 Å². The van der Waals surface area contributed by atoms with Crippen molar-refractivity contribution in [1.82, 2.24) is 20.2 Å². The van der Waals surface area contributed by atoms with Gasteiger partial charge in [-0.25, -0.2) is 0 Å². The van der Waals surface area contributed by atoms with Gasteiger partial charge in [0.25, 0.3) is 0 Å². The molecule has 0 aliphatic rings. The summed E-state index contributed by atoms with van der Waals surface area (Å²) in [6, 6.07) is 5.75. The molecule has 0 spiro atoms. The quantitative estimate of drug-likeness (QED) is 0.850. The second kappa shape index (κ2) is 4.32.